The van der Waals surface area contributed by atoms with Crippen molar-refractivity contribution in [1.82, 2.24) is 55.6 Å². The van der Waals surface area contributed by atoms with Gasteiger partial charge in [-0.1, -0.05) is 116 Å². The van der Waals surface area contributed by atoms with E-state index in [0.29, 0.717) is 44.1 Å². The molecule has 0 aromatic heterocycles. The average molecular weight is 1320 g/mol. The van der Waals surface area contributed by atoms with Crippen molar-refractivity contribution in [2.45, 2.75) is 223 Å². The molecular weight excluding hydrogens is 1220 g/mol. The molecule has 22 nitrogen and oxygen atoms in total. The highest BCUT2D eigenvalue weighted by Gasteiger charge is 2.50. The van der Waals surface area contributed by atoms with E-state index in [2.05, 4.69) is 21.3 Å². The molecule has 3 aliphatic carbocycles. The first-order valence-corrected chi connectivity index (χ1v) is 33.6. The van der Waals surface area contributed by atoms with Gasteiger partial charge in [0.2, 0.25) is 65.0 Å². The van der Waals surface area contributed by atoms with Crippen LogP contribution in [0.1, 0.15) is 174 Å². The van der Waals surface area contributed by atoms with Crippen LogP contribution < -0.4 is 21.3 Å². The Hall–Kier alpha value is -6.53. The summed E-state index contributed by atoms with van der Waals surface area (Å²) in [6, 6.07) is -4.48. The highest BCUT2D eigenvalue weighted by Crippen LogP contribution is 2.37. The number of benzene rings is 1. The van der Waals surface area contributed by atoms with Crippen molar-refractivity contribution in [2.24, 2.45) is 23.7 Å². The van der Waals surface area contributed by atoms with Crippen molar-refractivity contribution in [3.63, 3.8) is 0 Å². The van der Waals surface area contributed by atoms with Crippen molar-refractivity contribution in [3.05, 3.63) is 34.3 Å². The molecule has 0 radical (unpaired) electrons. The predicted octanol–water partition coefficient (Wildman–Crippen LogP) is 5.70. The molecule has 2 heterocycles. The van der Waals surface area contributed by atoms with Gasteiger partial charge in [0.15, 0.2) is 0 Å². The Kier molecular flexibility index (Phi) is 26.8. The molecule has 11 amide bonds. The molecule has 0 bridgehead atoms. The summed E-state index contributed by atoms with van der Waals surface area (Å²) in [6.07, 6.45) is 5.82. The minimum atomic E-state index is -4.74. The summed E-state index contributed by atoms with van der Waals surface area (Å²) in [6.45, 7) is 7.31. The van der Waals surface area contributed by atoms with Gasteiger partial charge in [0, 0.05) is 61.3 Å². The Morgan fingerprint density at radius 1 is 0.641 bits per heavy atom. The Bertz CT molecular complexity index is 2830. The van der Waals surface area contributed by atoms with Gasteiger partial charge >= 0.3 is 6.18 Å². The number of rotatable bonds is 9. The Labute approximate surface area is 545 Å². The minimum Gasteiger partial charge on any atom is -0.351 e. The van der Waals surface area contributed by atoms with Gasteiger partial charge in [-0.15, -0.1) is 0 Å². The molecule has 5 aliphatic rings. The molecule has 26 heteroatoms. The summed E-state index contributed by atoms with van der Waals surface area (Å²) < 4.78 is 41.3. The Morgan fingerprint density at radius 2 is 1.25 bits per heavy atom. The molecule has 2 aliphatic heterocycles. The summed E-state index contributed by atoms with van der Waals surface area (Å²) in [5.74, 6) is -7.76. The predicted molar refractivity (Wildman–Crippen MR) is 340 cm³/mol. The third kappa shape index (κ3) is 18.9. The normalized spacial score (nSPS) is 27.2. The molecule has 0 unspecified atom stereocenters. The molecule has 92 heavy (non-hydrogen) atoms. The first-order chi connectivity index (χ1) is 43.3. The van der Waals surface area contributed by atoms with E-state index in [0.717, 1.165) is 73.3 Å². The Morgan fingerprint density at radius 3 is 1.85 bits per heavy atom. The van der Waals surface area contributed by atoms with Crippen LogP contribution in [0.25, 0.3) is 0 Å². The summed E-state index contributed by atoms with van der Waals surface area (Å²) in [5, 5.41) is 11.1. The smallest absolute Gasteiger partial charge is 0.351 e. The third-order valence-corrected chi connectivity index (χ3v) is 20.3. The molecular formula is C66H101ClF3N11O11. The van der Waals surface area contributed by atoms with Gasteiger partial charge in [-0.3, -0.25) is 52.7 Å². The molecule has 6 rings (SSSR count). The zero-order valence-corrected chi connectivity index (χ0v) is 56.6. The van der Waals surface area contributed by atoms with E-state index in [1.54, 1.807) is 27.7 Å². The lowest BCUT2D eigenvalue weighted by Crippen LogP contribution is -2.64. The molecule has 1 spiro atoms. The molecule has 4 N–H and O–H groups in total. The van der Waals surface area contributed by atoms with Gasteiger partial charge in [-0.2, -0.15) is 13.2 Å². The minimum absolute atomic E-state index is 0.0360. The third-order valence-electron chi connectivity index (χ3n) is 20.0. The van der Waals surface area contributed by atoms with Gasteiger partial charge < -0.3 is 55.6 Å². The van der Waals surface area contributed by atoms with Gasteiger partial charge in [-0.25, -0.2) is 0 Å². The van der Waals surface area contributed by atoms with Crippen LogP contribution >= 0.6 is 11.6 Å². The van der Waals surface area contributed by atoms with Crippen LogP contribution in [-0.2, 0) is 65.3 Å². The number of hydrogen-bond donors (Lipinski definition) is 4. The standard InChI is InChI=1S/C66H101ClF3N11O11/c1-12-41(4)55-63(91)77(8)38-53(84)75(6)39-54(85)78(9)50(36-43-22-15-13-16-23-43)62(90)76(7)37-51(82)72-48(30-28-44-27-29-46(47(67)35-44)66(68,69)70)61(89)81-33-21-26-49(81)58(86)74-65(31-19-20-32-65)64(92)80(11)56(40(2)3)59(87)71-42(5)34-52(83)79(10)57(60(88)73-55)45-24-17-14-18-25-45/h27,29,35,40-43,45,48-50,55-57H,12-26,28,30-34,36-39H2,1-11H3,(H,71,87)(H,72,82)(H,73,88)(H,74,86)/t41-,42+,48-,49-,50-,55-,56-,57-/m0/s1. The summed E-state index contributed by atoms with van der Waals surface area (Å²) in [4.78, 5) is 169. The second kappa shape index (κ2) is 33.0. The van der Waals surface area contributed by atoms with Gasteiger partial charge in [0.05, 0.1) is 30.2 Å². The largest absolute Gasteiger partial charge is 0.417 e. The maximum Gasteiger partial charge on any atom is 0.417 e. The Balaban J connectivity index is 1.36. The van der Waals surface area contributed by atoms with Crippen LogP contribution in [0.5, 0.6) is 0 Å². The second-order valence-electron chi connectivity index (χ2n) is 27.3. The van der Waals surface area contributed by atoms with Crippen LogP contribution in [0.4, 0.5) is 13.2 Å². The van der Waals surface area contributed by atoms with E-state index >= 15 is 9.59 Å². The van der Waals surface area contributed by atoms with Gasteiger partial charge in [-0.05, 0) is 106 Å². The van der Waals surface area contributed by atoms with Crippen LogP contribution in [0, 0.1) is 23.7 Å². The monoisotopic (exact) mass is 1320 g/mol. The number of likely N-dealkylation sites (N-methyl/N-ethyl adjacent to an activating group) is 6. The molecule has 8 atom stereocenters. The lowest BCUT2D eigenvalue weighted by atomic mass is 9.82. The van der Waals surface area contributed by atoms with Crippen LogP contribution in [0.3, 0.4) is 0 Å². The van der Waals surface area contributed by atoms with Crippen molar-refractivity contribution in [2.75, 3.05) is 68.5 Å². The summed E-state index contributed by atoms with van der Waals surface area (Å²) >= 11 is 6.12. The topological polar surface area (TPSA) is 259 Å². The zero-order chi connectivity index (χ0) is 68.1. The highest BCUT2D eigenvalue weighted by molar-refractivity contribution is 6.31. The fourth-order valence-corrected chi connectivity index (χ4v) is 14.6. The van der Waals surface area contributed by atoms with E-state index in [9.17, 15) is 56.3 Å². The van der Waals surface area contributed by atoms with Crippen molar-refractivity contribution >= 4 is 76.6 Å². The number of nitrogens with one attached hydrogen (secondary N) is 4. The van der Waals surface area contributed by atoms with Crippen molar-refractivity contribution < 1.29 is 65.9 Å². The van der Waals surface area contributed by atoms with E-state index in [-0.39, 0.29) is 63.3 Å². The molecule has 5 fully saturated rings. The number of fused-ring (bicyclic) bond motifs is 1. The van der Waals surface area contributed by atoms with Gasteiger partial charge in [0.1, 0.15) is 41.8 Å². The first-order valence-electron chi connectivity index (χ1n) is 33.2. The van der Waals surface area contributed by atoms with Crippen molar-refractivity contribution in [1.29, 1.82) is 0 Å². The van der Waals surface area contributed by atoms with E-state index in [1.165, 1.54) is 72.9 Å². The fourth-order valence-electron chi connectivity index (χ4n) is 14.3. The number of carbonyl (C=O) groups excluding carboxylic acids is 11. The number of amides is 11. The van der Waals surface area contributed by atoms with E-state index in [1.807, 2.05) is 6.92 Å². The van der Waals surface area contributed by atoms with Crippen molar-refractivity contribution in [3.8, 4) is 0 Å². The number of halogens is 4. The molecule has 514 valence electrons. The molecule has 1 aromatic carbocycles. The van der Waals surface area contributed by atoms with Crippen LogP contribution in [0.15, 0.2) is 18.2 Å². The van der Waals surface area contributed by atoms with Crippen LogP contribution in [-0.4, -0.2) is 216 Å². The van der Waals surface area contributed by atoms with E-state index < -0.39 is 161 Å². The molecule has 2 saturated heterocycles. The quantitative estimate of drug-likeness (QED) is 0.233. The maximum atomic E-state index is 15.0. The number of nitrogens with zero attached hydrogens (tertiary/aromatic N) is 7. The molecule has 1 aromatic rings. The number of aryl methyl sites for hydroxylation is 1. The van der Waals surface area contributed by atoms with E-state index in [4.69, 9.17) is 11.6 Å². The van der Waals surface area contributed by atoms with Gasteiger partial charge in [0.25, 0.3) is 0 Å². The summed E-state index contributed by atoms with van der Waals surface area (Å²) in [5.41, 5.74) is -2.24. The maximum absolute atomic E-state index is 15.0. The highest BCUT2D eigenvalue weighted by atomic mass is 35.5. The summed E-state index contributed by atoms with van der Waals surface area (Å²) in [7, 11) is 8.67. The first kappa shape index (κ1) is 74.5. The lowest BCUT2D eigenvalue weighted by Gasteiger charge is -2.39. The number of carbonyl (C=O) groups is 11. The zero-order valence-electron chi connectivity index (χ0n) is 55.9. The fraction of sp³-hybridized carbons (Fsp3) is 0.742. The number of alkyl halides is 3. The second-order valence-corrected chi connectivity index (χ2v) is 27.7. The van der Waals surface area contributed by atoms with Crippen LogP contribution in [0.2, 0.25) is 5.02 Å². The lowest BCUT2D eigenvalue weighted by molar-refractivity contribution is -0.149. The molecule has 3 saturated carbocycles. The average Bonchev–Trinajstić information content (AvgIpc) is 1.59. The number of hydrogen-bond acceptors (Lipinski definition) is 11. The SMILES string of the molecule is CC[C@H](C)[C@@H]1NC(=O)[C@H](C2CCCCC2)N(C)C(=O)C[C@@H](C)NC(=O)[C@H](C(C)C)N(C)C(=O)C2(CCCC2)NC(=O)[C@@H]2CCCN2C(=O)[C@H](CCc2ccc(C(F)(F)F)c(Cl)c2)NC(=O)CN(C)C(=O)[C@H](CC2CCCCC2)N(C)C(=O)CN(C)C(=O)CN(C)C1=O.